The first-order chi connectivity index (χ1) is 9.11. The van der Waals surface area contributed by atoms with Gasteiger partial charge in [0.15, 0.2) is 0 Å². The first-order valence-corrected chi connectivity index (χ1v) is 6.43. The first-order valence-electron chi connectivity index (χ1n) is 5.68. The van der Waals surface area contributed by atoms with Crippen molar-refractivity contribution >= 4 is 28.9 Å². The van der Waals surface area contributed by atoms with Crippen LogP contribution in [0.3, 0.4) is 0 Å². The van der Waals surface area contributed by atoms with E-state index in [-0.39, 0.29) is 19.0 Å². The summed E-state index contributed by atoms with van der Waals surface area (Å²) in [6.07, 6.45) is 0. The van der Waals surface area contributed by atoms with Crippen molar-refractivity contribution in [3.05, 3.63) is 63.4 Å². The summed E-state index contributed by atoms with van der Waals surface area (Å²) in [5.74, 6) is -0.366. The highest BCUT2D eigenvalue weighted by molar-refractivity contribution is 6.33. The van der Waals surface area contributed by atoms with Gasteiger partial charge in [0, 0.05) is 17.1 Å². The predicted molar refractivity (Wildman–Crippen MR) is 76.1 cm³/mol. The van der Waals surface area contributed by atoms with Crippen molar-refractivity contribution in [3.63, 3.8) is 0 Å². The highest BCUT2D eigenvalue weighted by Gasteiger charge is 2.08. The molecule has 0 amide bonds. The van der Waals surface area contributed by atoms with Crippen molar-refractivity contribution in [3.8, 4) is 0 Å². The van der Waals surface area contributed by atoms with E-state index >= 15 is 0 Å². The molecule has 0 aliphatic heterocycles. The largest absolute Gasteiger partial charge is 0.392 e. The van der Waals surface area contributed by atoms with Gasteiger partial charge >= 0.3 is 0 Å². The van der Waals surface area contributed by atoms with Crippen molar-refractivity contribution in [2.75, 3.05) is 5.32 Å². The van der Waals surface area contributed by atoms with Gasteiger partial charge in [-0.25, -0.2) is 4.39 Å². The molecule has 0 saturated carbocycles. The van der Waals surface area contributed by atoms with Gasteiger partial charge in [-0.2, -0.15) is 0 Å². The Labute approximate surface area is 120 Å². The molecule has 2 rings (SSSR count). The zero-order valence-corrected chi connectivity index (χ0v) is 11.5. The fraction of sp³-hybridized carbons (Fsp3) is 0.143. The first kappa shape index (κ1) is 14.1. The van der Waals surface area contributed by atoms with Crippen molar-refractivity contribution in [1.82, 2.24) is 0 Å². The van der Waals surface area contributed by atoms with E-state index in [0.29, 0.717) is 21.3 Å². The Morgan fingerprint density at radius 1 is 1.11 bits per heavy atom. The molecular weight excluding hydrogens is 288 g/mol. The summed E-state index contributed by atoms with van der Waals surface area (Å²) in [6.45, 7) is 0.145. The van der Waals surface area contributed by atoms with E-state index in [0.717, 1.165) is 5.56 Å². The fourth-order valence-corrected chi connectivity index (χ4v) is 2.11. The molecule has 0 radical (unpaired) electrons. The van der Waals surface area contributed by atoms with Gasteiger partial charge in [0.2, 0.25) is 0 Å². The minimum absolute atomic E-state index is 0.0771. The van der Waals surface area contributed by atoms with Crippen LogP contribution in [0.4, 0.5) is 10.1 Å². The van der Waals surface area contributed by atoms with Crippen LogP contribution >= 0.6 is 23.2 Å². The molecule has 0 bridgehead atoms. The molecule has 0 spiro atoms. The molecule has 0 fully saturated rings. The van der Waals surface area contributed by atoms with Crippen LogP contribution in [-0.4, -0.2) is 5.11 Å². The summed E-state index contributed by atoms with van der Waals surface area (Å²) < 4.78 is 13.6. The Morgan fingerprint density at radius 3 is 2.58 bits per heavy atom. The third-order valence-electron chi connectivity index (χ3n) is 2.73. The Kier molecular flexibility index (Phi) is 4.64. The van der Waals surface area contributed by atoms with Gasteiger partial charge in [0.05, 0.1) is 17.3 Å². The smallest absolute Gasteiger partial charge is 0.129 e. The Hall–Kier alpha value is -1.29. The lowest BCUT2D eigenvalue weighted by atomic mass is 10.2. The zero-order chi connectivity index (χ0) is 13.8. The molecule has 0 aromatic heterocycles. The summed E-state index contributed by atoms with van der Waals surface area (Å²) in [6, 6.07) is 9.67. The van der Waals surface area contributed by atoms with E-state index < -0.39 is 0 Å². The Balaban J connectivity index is 2.19. The van der Waals surface area contributed by atoms with E-state index in [1.807, 2.05) is 0 Å². The second kappa shape index (κ2) is 6.24. The van der Waals surface area contributed by atoms with Gasteiger partial charge in [-0.05, 0) is 29.8 Å². The SMILES string of the molecule is OCc1ccc(Cl)c(NCc2c(F)cccc2Cl)c1. The number of hydrogen-bond acceptors (Lipinski definition) is 2. The van der Waals surface area contributed by atoms with Crippen LogP contribution in [0.5, 0.6) is 0 Å². The molecule has 2 nitrogen and oxygen atoms in total. The van der Waals surface area contributed by atoms with E-state index in [1.165, 1.54) is 6.07 Å². The minimum Gasteiger partial charge on any atom is -0.392 e. The fourth-order valence-electron chi connectivity index (χ4n) is 1.69. The molecule has 0 saturated heterocycles. The van der Waals surface area contributed by atoms with Crippen molar-refractivity contribution in [1.29, 1.82) is 0 Å². The molecular formula is C14H12Cl2FNO. The number of aliphatic hydroxyl groups excluding tert-OH is 1. The Bertz CT molecular complexity index is 569. The molecule has 0 atom stereocenters. The lowest BCUT2D eigenvalue weighted by Crippen LogP contribution is -2.03. The van der Waals surface area contributed by atoms with Crippen molar-refractivity contribution in [2.45, 2.75) is 13.2 Å². The van der Waals surface area contributed by atoms with E-state index in [1.54, 1.807) is 30.3 Å². The second-order valence-electron chi connectivity index (χ2n) is 4.03. The number of aliphatic hydroxyl groups is 1. The second-order valence-corrected chi connectivity index (χ2v) is 4.84. The number of benzene rings is 2. The molecule has 5 heteroatoms. The third kappa shape index (κ3) is 3.38. The van der Waals surface area contributed by atoms with Gasteiger partial charge in [-0.3, -0.25) is 0 Å². The van der Waals surface area contributed by atoms with Crippen LogP contribution in [-0.2, 0) is 13.2 Å². The number of nitrogens with one attached hydrogen (secondary N) is 1. The molecule has 2 aromatic carbocycles. The summed E-state index contributed by atoms with van der Waals surface area (Å²) in [5, 5.41) is 13.0. The average Bonchev–Trinajstić information content (AvgIpc) is 2.40. The monoisotopic (exact) mass is 299 g/mol. The summed E-state index contributed by atoms with van der Waals surface area (Å²) in [4.78, 5) is 0. The Morgan fingerprint density at radius 2 is 1.89 bits per heavy atom. The minimum atomic E-state index is -0.366. The number of anilines is 1. The van der Waals surface area contributed by atoms with Crippen molar-refractivity contribution < 1.29 is 9.50 Å². The van der Waals surface area contributed by atoms with Gasteiger partial charge < -0.3 is 10.4 Å². The zero-order valence-electron chi connectivity index (χ0n) is 9.96. The van der Waals surface area contributed by atoms with Gasteiger partial charge in [0.1, 0.15) is 5.82 Å². The van der Waals surface area contributed by atoms with Crippen LogP contribution in [0.25, 0.3) is 0 Å². The number of halogens is 3. The topological polar surface area (TPSA) is 32.3 Å². The summed E-state index contributed by atoms with van der Waals surface area (Å²) in [5.41, 5.74) is 1.74. The van der Waals surface area contributed by atoms with Crippen LogP contribution < -0.4 is 5.32 Å². The molecule has 2 N–H and O–H groups in total. The molecule has 0 heterocycles. The van der Waals surface area contributed by atoms with E-state index in [4.69, 9.17) is 28.3 Å². The maximum absolute atomic E-state index is 13.6. The molecule has 0 aliphatic carbocycles. The maximum atomic E-state index is 13.6. The molecule has 0 aliphatic rings. The highest BCUT2D eigenvalue weighted by Crippen LogP contribution is 2.25. The molecule has 2 aromatic rings. The third-order valence-corrected chi connectivity index (χ3v) is 3.41. The summed E-state index contributed by atoms with van der Waals surface area (Å²) >= 11 is 12.0. The van der Waals surface area contributed by atoms with Gasteiger partial charge in [-0.1, -0.05) is 35.3 Å². The maximum Gasteiger partial charge on any atom is 0.129 e. The molecule has 0 unspecified atom stereocenters. The lowest BCUT2D eigenvalue weighted by Gasteiger charge is -2.11. The summed E-state index contributed by atoms with van der Waals surface area (Å²) in [7, 11) is 0. The normalized spacial score (nSPS) is 10.5. The quantitative estimate of drug-likeness (QED) is 0.885. The van der Waals surface area contributed by atoms with E-state index in [2.05, 4.69) is 5.32 Å². The van der Waals surface area contributed by atoms with Gasteiger partial charge in [0.25, 0.3) is 0 Å². The van der Waals surface area contributed by atoms with Crippen molar-refractivity contribution in [2.24, 2.45) is 0 Å². The lowest BCUT2D eigenvalue weighted by molar-refractivity contribution is 0.282. The number of hydrogen-bond donors (Lipinski definition) is 2. The van der Waals surface area contributed by atoms with Crippen LogP contribution in [0.15, 0.2) is 36.4 Å². The molecule has 19 heavy (non-hydrogen) atoms. The van der Waals surface area contributed by atoms with Crippen LogP contribution in [0.1, 0.15) is 11.1 Å². The standard InChI is InChI=1S/C14H12Cl2FNO/c15-11-2-1-3-13(17)10(11)7-18-14-6-9(8-19)4-5-12(14)16/h1-6,18-19H,7-8H2. The average molecular weight is 300 g/mol. The number of rotatable bonds is 4. The highest BCUT2D eigenvalue weighted by atomic mass is 35.5. The van der Waals surface area contributed by atoms with E-state index in [9.17, 15) is 4.39 Å². The molecule has 100 valence electrons. The van der Waals surface area contributed by atoms with Crippen LogP contribution in [0.2, 0.25) is 10.0 Å². The van der Waals surface area contributed by atoms with Gasteiger partial charge in [-0.15, -0.1) is 0 Å². The predicted octanol–water partition coefficient (Wildman–Crippen LogP) is 4.24. The van der Waals surface area contributed by atoms with Crippen LogP contribution in [0, 0.1) is 5.82 Å².